The van der Waals surface area contributed by atoms with Crippen molar-refractivity contribution >= 4 is 15.7 Å². The molecule has 1 atom stereocenters. The second kappa shape index (κ2) is 8.19. The molecule has 0 aromatic heterocycles. The van der Waals surface area contributed by atoms with Crippen LogP contribution >= 0.6 is 0 Å². The third-order valence-corrected chi connectivity index (χ3v) is 7.15. The molecule has 156 valence electrons. The number of sulfone groups is 1. The van der Waals surface area contributed by atoms with Gasteiger partial charge >= 0.3 is 0 Å². The van der Waals surface area contributed by atoms with E-state index in [1.807, 2.05) is 12.1 Å². The van der Waals surface area contributed by atoms with Crippen molar-refractivity contribution in [1.82, 2.24) is 4.90 Å². The van der Waals surface area contributed by atoms with Crippen LogP contribution in [0.4, 0.5) is 0 Å². The van der Waals surface area contributed by atoms with Crippen molar-refractivity contribution in [3.05, 3.63) is 65.2 Å². The molecule has 0 unspecified atom stereocenters. The third kappa shape index (κ3) is 5.18. The molecule has 6 heteroatoms. The molecule has 1 aliphatic rings. The maximum atomic E-state index is 13.3. The number of hydrogen-bond acceptors (Lipinski definition) is 4. The van der Waals surface area contributed by atoms with Crippen LogP contribution in [0.1, 0.15) is 48.7 Å². The molecule has 3 rings (SSSR count). The predicted octanol–water partition coefficient (Wildman–Crippen LogP) is 3.82. The number of carbonyl (C=O) groups is 1. The molecule has 0 spiro atoms. The first-order chi connectivity index (χ1) is 13.6. The minimum Gasteiger partial charge on any atom is -0.497 e. The summed E-state index contributed by atoms with van der Waals surface area (Å²) in [6.45, 7) is 6.85. The number of carbonyl (C=O) groups excluding carboxylic acids is 1. The van der Waals surface area contributed by atoms with Crippen LogP contribution in [0.15, 0.2) is 48.5 Å². The molecule has 0 bridgehead atoms. The Hall–Kier alpha value is -2.34. The van der Waals surface area contributed by atoms with Crippen LogP contribution in [0.3, 0.4) is 0 Å². The van der Waals surface area contributed by atoms with E-state index < -0.39 is 9.84 Å². The van der Waals surface area contributed by atoms with Gasteiger partial charge in [-0.1, -0.05) is 51.1 Å². The molecule has 0 aliphatic carbocycles. The molecule has 1 amide bonds. The molecular weight excluding hydrogens is 386 g/mol. The maximum Gasteiger partial charge on any atom is 0.254 e. The summed E-state index contributed by atoms with van der Waals surface area (Å²) in [6, 6.07) is 14.9. The van der Waals surface area contributed by atoms with Crippen molar-refractivity contribution in [3.63, 3.8) is 0 Å². The van der Waals surface area contributed by atoms with Gasteiger partial charge in [0.15, 0.2) is 9.84 Å². The van der Waals surface area contributed by atoms with Gasteiger partial charge in [-0.3, -0.25) is 4.79 Å². The third-order valence-electron chi connectivity index (χ3n) is 5.40. The molecule has 0 N–H and O–H groups in total. The van der Waals surface area contributed by atoms with Crippen LogP contribution in [-0.2, 0) is 21.8 Å². The van der Waals surface area contributed by atoms with Gasteiger partial charge in [-0.05, 0) is 41.2 Å². The van der Waals surface area contributed by atoms with Crippen molar-refractivity contribution in [2.75, 3.05) is 18.6 Å². The second-order valence-corrected chi connectivity index (χ2v) is 10.9. The molecule has 1 fully saturated rings. The molecule has 0 radical (unpaired) electrons. The number of methoxy groups -OCH3 is 1. The van der Waals surface area contributed by atoms with Gasteiger partial charge < -0.3 is 9.64 Å². The Morgan fingerprint density at radius 1 is 1.14 bits per heavy atom. The summed E-state index contributed by atoms with van der Waals surface area (Å²) in [5, 5.41) is 0. The van der Waals surface area contributed by atoms with Gasteiger partial charge in [0.2, 0.25) is 0 Å². The van der Waals surface area contributed by atoms with Crippen LogP contribution in [0.2, 0.25) is 0 Å². The smallest absolute Gasteiger partial charge is 0.254 e. The first kappa shape index (κ1) is 21.4. The van der Waals surface area contributed by atoms with Gasteiger partial charge in [0.05, 0.1) is 18.6 Å². The van der Waals surface area contributed by atoms with Gasteiger partial charge in [-0.25, -0.2) is 8.42 Å². The highest BCUT2D eigenvalue weighted by Crippen LogP contribution is 2.26. The number of hydrogen-bond donors (Lipinski definition) is 0. The first-order valence-corrected chi connectivity index (χ1v) is 11.7. The van der Waals surface area contributed by atoms with E-state index in [0.717, 1.165) is 5.56 Å². The summed E-state index contributed by atoms with van der Waals surface area (Å²) in [5.41, 5.74) is 2.75. The van der Waals surface area contributed by atoms with Crippen LogP contribution in [0.5, 0.6) is 5.75 Å². The van der Waals surface area contributed by atoms with Gasteiger partial charge in [0.1, 0.15) is 5.75 Å². The Kier molecular flexibility index (Phi) is 6.03. The van der Waals surface area contributed by atoms with E-state index in [-0.39, 0.29) is 28.9 Å². The lowest BCUT2D eigenvalue weighted by molar-refractivity contribution is 0.0680. The molecule has 1 heterocycles. The fourth-order valence-corrected chi connectivity index (χ4v) is 5.35. The van der Waals surface area contributed by atoms with Crippen molar-refractivity contribution in [3.8, 4) is 5.75 Å². The highest BCUT2D eigenvalue weighted by atomic mass is 32.2. The van der Waals surface area contributed by atoms with Gasteiger partial charge in [0, 0.05) is 18.2 Å². The molecule has 1 aliphatic heterocycles. The lowest BCUT2D eigenvalue weighted by Gasteiger charge is -2.29. The average molecular weight is 416 g/mol. The Morgan fingerprint density at radius 3 is 2.38 bits per heavy atom. The molecule has 0 saturated carbocycles. The minimum atomic E-state index is -3.11. The van der Waals surface area contributed by atoms with E-state index in [1.165, 1.54) is 5.56 Å². The van der Waals surface area contributed by atoms with Crippen LogP contribution in [0, 0.1) is 0 Å². The fraction of sp³-hybridized carbons (Fsp3) is 0.435. The molecule has 29 heavy (non-hydrogen) atoms. The van der Waals surface area contributed by atoms with Crippen LogP contribution in [-0.4, -0.2) is 43.9 Å². The topological polar surface area (TPSA) is 63.7 Å². The zero-order chi connectivity index (χ0) is 21.2. The van der Waals surface area contributed by atoms with E-state index in [4.69, 9.17) is 4.74 Å². The minimum absolute atomic E-state index is 0.0166. The van der Waals surface area contributed by atoms with E-state index >= 15 is 0 Å². The Labute approximate surface area is 173 Å². The largest absolute Gasteiger partial charge is 0.497 e. The number of ether oxygens (including phenoxy) is 1. The molecule has 5 nitrogen and oxygen atoms in total. The standard InChI is InChI=1S/C23H29NO4S/c1-23(2,3)19-10-8-17(9-11-19)15-24(20-12-13-29(26,27)16-20)22(25)18-6-5-7-21(14-18)28-4/h5-11,14,20H,12-13,15-16H2,1-4H3/t20-/m1/s1. The van der Waals surface area contributed by atoms with E-state index in [9.17, 15) is 13.2 Å². The highest BCUT2D eigenvalue weighted by Gasteiger charge is 2.35. The second-order valence-electron chi connectivity index (χ2n) is 8.67. The number of nitrogens with zero attached hydrogens (tertiary/aromatic N) is 1. The van der Waals surface area contributed by atoms with Crippen molar-refractivity contribution in [2.24, 2.45) is 0 Å². The van der Waals surface area contributed by atoms with Crippen LogP contribution < -0.4 is 4.74 Å². The summed E-state index contributed by atoms with van der Waals surface area (Å²) < 4.78 is 29.3. The Balaban J connectivity index is 1.90. The average Bonchev–Trinajstić information content (AvgIpc) is 3.04. The fourth-order valence-electron chi connectivity index (χ4n) is 3.62. The maximum absolute atomic E-state index is 13.3. The van der Waals surface area contributed by atoms with Crippen molar-refractivity contribution in [2.45, 2.75) is 45.2 Å². The van der Waals surface area contributed by atoms with E-state index in [0.29, 0.717) is 24.3 Å². The summed E-state index contributed by atoms with van der Waals surface area (Å²) in [7, 11) is -1.55. The Bertz CT molecular complexity index is 975. The van der Waals surface area contributed by atoms with Gasteiger partial charge in [-0.15, -0.1) is 0 Å². The lowest BCUT2D eigenvalue weighted by Crippen LogP contribution is -2.40. The summed E-state index contributed by atoms with van der Waals surface area (Å²) in [5.74, 6) is 0.570. The van der Waals surface area contributed by atoms with Gasteiger partial charge in [-0.2, -0.15) is 0 Å². The molecule has 2 aromatic rings. The predicted molar refractivity (Wildman–Crippen MR) is 115 cm³/mol. The number of benzene rings is 2. The SMILES string of the molecule is COc1cccc(C(=O)N(Cc2ccc(C(C)(C)C)cc2)[C@@H]2CCS(=O)(=O)C2)c1. The Morgan fingerprint density at radius 2 is 1.83 bits per heavy atom. The van der Waals surface area contributed by atoms with Crippen molar-refractivity contribution in [1.29, 1.82) is 0 Å². The molecular formula is C23H29NO4S. The number of amides is 1. The highest BCUT2D eigenvalue weighted by molar-refractivity contribution is 7.91. The monoisotopic (exact) mass is 415 g/mol. The van der Waals surface area contributed by atoms with E-state index in [2.05, 4.69) is 32.9 Å². The normalized spacial score (nSPS) is 18.4. The first-order valence-electron chi connectivity index (χ1n) is 9.84. The molecule has 2 aromatic carbocycles. The number of rotatable bonds is 5. The quantitative estimate of drug-likeness (QED) is 0.745. The zero-order valence-corrected chi connectivity index (χ0v) is 18.3. The molecule has 1 saturated heterocycles. The summed E-state index contributed by atoms with van der Waals surface area (Å²) >= 11 is 0. The van der Waals surface area contributed by atoms with E-state index in [1.54, 1.807) is 36.3 Å². The zero-order valence-electron chi connectivity index (χ0n) is 17.5. The van der Waals surface area contributed by atoms with Crippen molar-refractivity contribution < 1.29 is 17.9 Å². The summed E-state index contributed by atoms with van der Waals surface area (Å²) in [6.07, 6.45) is 0.470. The van der Waals surface area contributed by atoms with Crippen LogP contribution in [0.25, 0.3) is 0 Å². The summed E-state index contributed by atoms with van der Waals surface area (Å²) in [4.78, 5) is 15.0. The van der Waals surface area contributed by atoms with Gasteiger partial charge in [0.25, 0.3) is 5.91 Å². The lowest BCUT2D eigenvalue weighted by atomic mass is 9.86.